The zero-order valence-electron chi connectivity index (χ0n) is 22.7. The lowest BCUT2D eigenvalue weighted by molar-refractivity contribution is -0.148. The van der Waals surface area contributed by atoms with Gasteiger partial charge in [-0.3, -0.25) is 19.3 Å². The number of aliphatic hydroxyl groups is 3. The second-order valence-corrected chi connectivity index (χ2v) is 10.8. The summed E-state index contributed by atoms with van der Waals surface area (Å²) in [6.45, 7) is 1.94. The van der Waals surface area contributed by atoms with Gasteiger partial charge >= 0.3 is 0 Å². The number of carbonyl (C=O) groups is 3. The van der Waals surface area contributed by atoms with Gasteiger partial charge in [0.2, 0.25) is 5.78 Å². The van der Waals surface area contributed by atoms with Crippen LogP contribution in [0.1, 0.15) is 34.8 Å². The fraction of sp³-hybridized carbons (Fsp3) is 0.367. The SMILES string of the molecule is CCc1cc(-c2ccc(OC)cc2)c(O)c2c1C[C@H]1C[C@H]3[C@H](N(C)C)C(O)=C(C(N)=O)C(=O)[C@@]3(O)C(O)=C1C2=O. The normalized spacial score (nSPS) is 26.0. The van der Waals surface area contributed by atoms with E-state index < -0.39 is 58.0 Å². The number of amides is 1. The molecule has 40 heavy (non-hydrogen) atoms. The number of phenols is 1. The second kappa shape index (κ2) is 9.50. The molecule has 10 nitrogen and oxygen atoms in total. The molecule has 0 spiro atoms. The van der Waals surface area contributed by atoms with Crippen LogP contribution in [-0.4, -0.2) is 75.6 Å². The average Bonchev–Trinajstić information content (AvgIpc) is 2.90. The summed E-state index contributed by atoms with van der Waals surface area (Å²) in [5, 5.41) is 45.5. The number of primary amides is 1. The number of ether oxygens (including phenoxy) is 1. The molecule has 0 aliphatic heterocycles. The number of benzene rings is 2. The van der Waals surface area contributed by atoms with Gasteiger partial charge in [0.05, 0.1) is 18.7 Å². The largest absolute Gasteiger partial charge is 0.510 e. The Morgan fingerprint density at radius 2 is 1.80 bits per heavy atom. The molecule has 210 valence electrons. The number of nitrogens with two attached hydrogens (primary N) is 1. The lowest BCUT2D eigenvalue weighted by atomic mass is 9.58. The number of hydrogen-bond acceptors (Lipinski definition) is 9. The summed E-state index contributed by atoms with van der Waals surface area (Å²) in [6.07, 6.45) is 0.874. The first kappa shape index (κ1) is 27.4. The number of aromatic hydroxyl groups is 1. The Bertz CT molecular complexity index is 1520. The fourth-order valence-electron chi connectivity index (χ4n) is 6.70. The maximum Gasteiger partial charge on any atom is 0.255 e. The molecule has 0 saturated heterocycles. The minimum atomic E-state index is -2.67. The topological polar surface area (TPSA) is 171 Å². The van der Waals surface area contributed by atoms with Gasteiger partial charge < -0.3 is 30.9 Å². The minimum absolute atomic E-state index is 0.00551. The van der Waals surface area contributed by atoms with E-state index >= 15 is 0 Å². The van der Waals surface area contributed by atoms with Gasteiger partial charge in [-0.2, -0.15) is 0 Å². The van der Waals surface area contributed by atoms with Gasteiger partial charge in [-0.1, -0.05) is 19.1 Å². The summed E-state index contributed by atoms with van der Waals surface area (Å²) in [5.74, 6) is -5.99. The third-order valence-electron chi connectivity index (χ3n) is 8.60. The van der Waals surface area contributed by atoms with Crippen LogP contribution in [0.2, 0.25) is 0 Å². The maximum absolute atomic E-state index is 14.1. The zero-order chi connectivity index (χ0) is 29.3. The number of nitrogens with zero attached hydrogens (tertiary/aromatic N) is 1. The minimum Gasteiger partial charge on any atom is -0.510 e. The molecular formula is C30H32N2O8. The standard InChI is InChI=1S/C30H32N2O8/c1-5-13-10-18(14-6-8-16(40-4)9-7-14)24(33)21-17(13)11-15-12-19-23(32(2)3)26(35)22(29(31)38)28(37)30(19,39)27(36)20(15)25(21)34/h6-10,15,19,23,33,35-36,39H,5,11-12H2,1-4H3,(H2,31,38)/t15-,19-,23-,30-/m0/s1. The number of methoxy groups -OCH3 is 1. The van der Waals surface area contributed by atoms with Crippen molar-refractivity contribution in [1.29, 1.82) is 0 Å². The molecule has 5 rings (SSSR count). The van der Waals surface area contributed by atoms with Gasteiger partial charge in [0, 0.05) is 17.1 Å². The lowest BCUT2D eigenvalue weighted by Crippen LogP contribution is -2.63. The van der Waals surface area contributed by atoms with Gasteiger partial charge in [-0.05, 0) is 74.2 Å². The molecule has 0 bridgehead atoms. The third-order valence-corrected chi connectivity index (χ3v) is 8.60. The van der Waals surface area contributed by atoms with Crippen molar-refractivity contribution < 1.29 is 39.5 Å². The lowest BCUT2D eigenvalue weighted by Gasteiger charge is -2.50. The molecular weight excluding hydrogens is 516 g/mol. The first-order valence-electron chi connectivity index (χ1n) is 13.0. The number of fused-ring (bicyclic) bond motifs is 3. The number of aryl methyl sites for hydroxylation is 1. The summed E-state index contributed by atoms with van der Waals surface area (Å²) in [6, 6.07) is 7.80. The number of phenolic OH excluding ortho intramolecular Hbond substituents is 1. The van der Waals surface area contributed by atoms with Crippen LogP contribution in [0.4, 0.5) is 0 Å². The molecule has 0 unspecified atom stereocenters. The Morgan fingerprint density at radius 1 is 1.15 bits per heavy atom. The van der Waals surface area contributed by atoms with Crippen molar-refractivity contribution >= 4 is 17.5 Å². The third kappa shape index (κ3) is 3.66. The van der Waals surface area contributed by atoms with E-state index in [-0.39, 0.29) is 29.7 Å². The molecule has 0 heterocycles. The quantitative estimate of drug-likeness (QED) is 0.352. The van der Waals surface area contributed by atoms with E-state index in [1.54, 1.807) is 45.5 Å². The number of carbonyl (C=O) groups excluding carboxylic acids is 3. The summed E-state index contributed by atoms with van der Waals surface area (Å²) in [7, 11) is 4.74. The molecule has 1 amide bonds. The highest BCUT2D eigenvalue weighted by atomic mass is 16.5. The van der Waals surface area contributed by atoms with Gasteiger partial charge in [0.1, 0.15) is 28.6 Å². The van der Waals surface area contributed by atoms with E-state index in [4.69, 9.17) is 10.5 Å². The number of rotatable bonds is 5. The van der Waals surface area contributed by atoms with Gasteiger partial charge in [0.15, 0.2) is 11.4 Å². The van der Waals surface area contributed by atoms with E-state index in [2.05, 4.69) is 0 Å². The molecule has 3 aliphatic carbocycles. The maximum atomic E-state index is 14.1. The molecule has 0 saturated carbocycles. The van der Waals surface area contributed by atoms with Crippen molar-refractivity contribution in [2.24, 2.45) is 17.6 Å². The number of hydrogen-bond donors (Lipinski definition) is 5. The second-order valence-electron chi connectivity index (χ2n) is 10.8. The number of ketones is 2. The predicted octanol–water partition coefficient (Wildman–Crippen LogP) is 2.36. The highest BCUT2D eigenvalue weighted by Gasteiger charge is 2.63. The molecule has 3 aliphatic rings. The molecule has 0 radical (unpaired) electrons. The average molecular weight is 549 g/mol. The van der Waals surface area contributed by atoms with E-state index in [1.165, 1.54) is 4.90 Å². The summed E-state index contributed by atoms with van der Waals surface area (Å²) in [4.78, 5) is 41.2. The number of aliphatic hydroxyl groups excluding tert-OH is 2. The van der Waals surface area contributed by atoms with Crippen molar-refractivity contribution in [2.45, 2.75) is 37.8 Å². The highest BCUT2D eigenvalue weighted by Crippen LogP contribution is 2.53. The van der Waals surface area contributed by atoms with E-state index in [0.29, 0.717) is 28.9 Å². The summed E-state index contributed by atoms with van der Waals surface area (Å²) >= 11 is 0. The van der Waals surface area contributed by atoms with E-state index in [9.17, 15) is 34.8 Å². The van der Waals surface area contributed by atoms with Crippen LogP contribution in [0.25, 0.3) is 11.1 Å². The number of allylic oxidation sites excluding steroid dienone is 1. The Labute approximate surface area is 231 Å². The Hall–Kier alpha value is -4.15. The van der Waals surface area contributed by atoms with Crippen LogP contribution in [0, 0.1) is 11.8 Å². The molecule has 0 fully saturated rings. The first-order chi connectivity index (χ1) is 18.9. The Kier molecular flexibility index (Phi) is 6.51. The van der Waals surface area contributed by atoms with Crippen LogP contribution in [0.15, 0.2) is 53.0 Å². The monoisotopic (exact) mass is 548 g/mol. The summed E-state index contributed by atoms with van der Waals surface area (Å²) < 4.78 is 5.22. The van der Waals surface area contributed by atoms with Crippen molar-refractivity contribution in [1.82, 2.24) is 4.90 Å². The molecule has 0 aromatic heterocycles. The van der Waals surface area contributed by atoms with Crippen molar-refractivity contribution in [3.05, 3.63) is 69.7 Å². The fourth-order valence-corrected chi connectivity index (χ4v) is 6.70. The number of Topliss-reactive ketones (excluding diaryl/α,β-unsaturated/α-hetero) is 2. The Morgan fingerprint density at radius 3 is 2.35 bits per heavy atom. The van der Waals surface area contributed by atoms with E-state index in [0.717, 1.165) is 5.56 Å². The summed E-state index contributed by atoms with van der Waals surface area (Å²) in [5.41, 5.74) is 4.27. The molecule has 2 aromatic carbocycles. The smallest absolute Gasteiger partial charge is 0.255 e. The van der Waals surface area contributed by atoms with Crippen molar-refractivity contribution in [3.8, 4) is 22.6 Å². The predicted molar refractivity (Wildman–Crippen MR) is 145 cm³/mol. The molecule has 4 atom stereocenters. The Balaban J connectivity index is 1.72. The zero-order valence-corrected chi connectivity index (χ0v) is 22.7. The van der Waals surface area contributed by atoms with Crippen molar-refractivity contribution in [2.75, 3.05) is 21.2 Å². The first-order valence-corrected chi connectivity index (χ1v) is 13.0. The van der Waals surface area contributed by atoms with Gasteiger partial charge in [0.25, 0.3) is 5.91 Å². The molecule has 2 aromatic rings. The van der Waals surface area contributed by atoms with Crippen LogP contribution < -0.4 is 10.5 Å². The van der Waals surface area contributed by atoms with Crippen LogP contribution in [0.5, 0.6) is 11.5 Å². The van der Waals surface area contributed by atoms with Crippen molar-refractivity contribution in [3.63, 3.8) is 0 Å². The van der Waals surface area contributed by atoms with Crippen LogP contribution >= 0.6 is 0 Å². The van der Waals surface area contributed by atoms with Gasteiger partial charge in [-0.15, -0.1) is 0 Å². The molecule has 10 heteroatoms. The van der Waals surface area contributed by atoms with Crippen LogP contribution in [-0.2, 0) is 22.4 Å². The highest BCUT2D eigenvalue weighted by molar-refractivity contribution is 6.25. The van der Waals surface area contributed by atoms with E-state index in [1.807, 2.05) is 13.0 Å². The van der Waals surface area contributed by atoms with Crippen LogP contribution in [0.3, 0.4) is 0 Å². The van der Waals surface area contributed by atoms with Gasteiger partial charge in [-0.25, -0.2) is 0 Å². The number of likely N-dealkylation sites (N-methyl/N-ethyl adjacent to an activating group) is 1. The molecule has 6 N–H and O–H groups in total.